The number of amides is 1. The van der Waals surface area contributed by atoms with E-state index in [4.69, 9.17) is 5.10 Å². The molecule has 37 heavy (non-hydrogen) atoms. The molecule has 0 aliphatic carbocycles. The highest BCUT2D eigenvalue weighted by Gasteiger charge is 2.26. The maximum absolute atomic E-state index is 14.3. The van der Waals surface area contributed by atoms with Gasteiger partial charge >= 0.3 is 0 Å². The van der Waals surface area contributed by atoms with Crippen molar-refractivity contribution in [3.63, 3.8) is 0 Å². The summed E-state index contributed by atoms with van der Waals surface area (Å²) in [7, 11) is 0. The van der Waals surface area contributed by atoms with Gasteiger partial charge in [-0.1, -0.05) is 13.0 Å². The molecule has 2 aromatic carbocycles. The van der Waals surface area contributed by atoms with E-state index >= 15 is 0 Å². The van der Waals surface area contributed by atoms with E-state index in [1.54, 1.807) is 6.07 Å². The highest BCUT2D eigenvalue weighted by Crippen LogP contribution is 2.38. The second kappa shape index (κ2) is 9.10. The van der Waals surface area contributed by atoms with Crippen molar-refractivity contribution in [1.82, 2.24) is 19.6 Å². The molecule has 192 valence electrons. The van der Waals surface area contributed by atoms with Crippen molar-refractivity contribution in [2.24, 2.45) is 5.92 Å². The fourth-order valence-corrected chi connectivity index (χ4v) is 4.57. The van der Waals surface area contributed by atoms with Gasteiger partial charge in [0, 0.05) is 30.7 Å². The van der Waals surface area contributed by atoms with Crippen LogP contribution in [0.25, 0.3) is 16.6 Å². The Morgan fingerprint density at radius 3 is 2.41 bits per heavy atom. The van der Waals surface area contributed by atoms with Gasteiger partial charge in [0.05, 0.1) is 22.4 Å². The Morgan fingerprint density at radius 1 is 1.03 bits per heavy atom. The SMILES string of the molecule is C[C@H]1CCN(c2c(NC(=O)c3ccc(=O)n(-c4c(F)cccc4F)n3)ccc3nn(C(C)(C)C)cc23)C1. The predicted molar refractivity (Wildman–Crippen MR) is 138 cm³/mol. The molecule has 1 amide bonds. The average molecular weight is 507 g/mol. The minimum Gasteiger partial charge on any atom is -0.369 e. The van der Waals surface area contributed by atoms with Crippen molar-refractivity contribution in [3.05, 3.63) is 76.3 Å². The number of nitrogens with zero attached hydrogens (tertiary/aromatic N) is 5. The number of carbonyl (C=O) groups excluding carboxylic acids is 1. The molecule has 0 spiro atoms. The normalized spacial score (nSPS) is 15.9. The number of hydrogen-bond acceptors (Lipinski definition) is 5. The molecule has 2 aromatic heterocycles. The largest absolute Gasteiger partial charge is 0.369 e. The van der Waals surface area contributed by atoms with Crippen molar-refractivity contribution in [3.8, 4) is 5.69 Å². The molecule has 1 N–H and O–H groups in total. The van der Waals surface area contributed by atoms with Crippen LogP contribution in [0.3, 0.4) is 0 Å². The number of benzene rings is 2. The Balaban J connectivity index is 1.56. The van der Waals surface area contributed by atoms with Gasteiger partial charge in [0.1, 0.15) is 11.4 Å². The van der Waals surface area contributed by atoms with Gasteiger partial charge in [0.15, 0.2) is 11.6 Å². The monoisotopic (exact) mass is 506 g/mol. The van der Waals surface area contributed by atoms with Gasteiger partial charge in [0.2, 0.25) is 0 Å². The molecule has 8 nitrogen and oxygen atoms in total. The first-order valence-electron chi connectivity index (χ1n) is 12.2. The van der Waals surface area contributed by atoms with Gasteiger partial charge in [-0.15, -0.1) is 0 Å². The smallest absolute Gasteiger partial charge is 0.276 e. The molecular weight excluding hydrogens is 478 g/mol. The van der Waals surface area contributed by atoms with Crippen LogP contribution < -0.4 is 15.8 Å². The number of halogens is 2. The number of hydrogen-bond donors (Lipinski definition) is 1. The zero-order valence-corrected chi connectivity index (χ0v) is 21.1. The van der Waals surface area contributed by atoms with Crippen LogP contribution in [0.2, 0.25) is 0 Å². The third kappa shape index (κ3) is 4.59. The number of para-hydroxylation sites is 1. The van der Waals surface area contributed by atoms with Crippen LogP contribution in [-0.2, 0) is 5.54 Å². The molecule has 3 heterocycles. The Kier molecular flexibility index (Phi) is 6.05. The fourth-order valence-electron chi connectivity index (χ4n) is 4.57. The summed E-state index contributed by atoms with van der Waals surface area (Å²) in [6.45, 7) is 10.1. The molecule has 1 saturated heterocycles. The molecule has 1 atom stereocenters. The highest BCUT2D eigenvalue weighted by atomic mass is 19.1. The van der Waals surface area contributed by atoms with Crippen molar-refractivity contribution < 1.29 is 13.6 Å². The topological polar surface area (TPSA) is 85.1 Å². The van der Waals surface area contributed by atoms with E-state index in [9.17, 15) is 18.4 Å². The first kappa shape index (κ1) is 24.6. The molecule has 1 aliphatic heterocycles. The standard InChI is InChI=1S/C27H28F2N6O2/c1-16-12-13-33(14-16)24-17-15-34(27(2,3)4)31-20(17)8-9-21(24)30-26(37)22-10-11-23(36)35(32-22)25-18(28)6-5-7-19(25)29/h5-11,15-16H,12-14H2,1-4H3,(H,30,37)/t16-/m0/s1. The van der Waals surface area contributed by atoms with Crippen LogP contribution >= 0.6 is 0 Å². The molecule has 0 saturated carbocycles. The summed E-state index contributed by atoms with van der Waals surface area (Å²) in [6.07, 6.45) is 3.01. The van der Waals surface area contributed by atoms with Crippen LogP contribution in [0.15, 0.2) is 53.5 Å². The van der Waals surface area contributed by atoms with Gasteiger partial charge in [-0.3, -0.25) is 14.3 Å². The summed E-state index contributed by atoms with van der Waals surface area (Å²) in [5.74, 6) is -2.03. The first-order valence-corrected chi connectivity index (χ1v) is 12.2. The minimum atomic E-state index is -0.959. The summed E-state index contributed by atoms with van der Waals surface area (Å²) >= 11 is 0. The lowest BCUT2D eigenvalue weighted by Crippen LogP contribution is -2.27. The van der Waals surface area contributed by atoms with Crippen LogP contribution in [0.1, 0.15) is 44.6 Å². The second-order valence-electron chi connectivity index (χ2n) is 10.5. The summed E-state index contributed by atoms with van der Waals surface area (Å²) in [6, 6.07) is 9.18. The number of nitrogens with one attached hydrogen (secondary N) is 1. The van der Waals surface area contributed by atoms with E-state index < -0.39 is 28.8 Å². The average Bonchev–Trinajstić information content (AvgIpc) is 3.46. The second-order valence-corrected chi connectivity index (χ2v) is 10.5. The van der Waals surface area contributed by atoms with Gasteiger partial charge in [-0.25, -0.2) is 8.78 Å². The fraction of sp³-hybridized carbons (Fsp3) is 0.333. The van der Waals surface area contributed by atoms with Crippen molar-refractivity contribution in [2.75, 3.05) is 23.3 Å². The van der Waals surface area contributed by atoms with Crippen molar-refractivity contribution >= 4 is 28.2 Å². The molecule has 0 radical (unpaired) electrons. The molecule has 10 heteroatoms. The Hall–Kier alpha value is -4.08. The lowest BCUT2D eigenvalue weighted by Gasteiger charge is -2.23. The van der Waals surface area contributed by atoms with Crippen LogP contribution in [0.4, 0.5) is 20.2 Å². The number of anilines is 2. The molecule has 4 aromatic rings. The summed E-state index contributed by atoms with van der Waals surface area (Å²) in [5, 5.41) is 12.5. The predicted octanol–water partition coefficient (Wildman–Crippen LogP) is 4.71. The van der Waals surface area contributed by atoms with Gasteiger partial charge < -0.3 is 10.2 Å². The number of carbonyl (C=O) groups is 1. The van der Waals surface area contributed by atoms with Crippen LogP contribution in [0.5, 0.6) is 0 Å². The molecule has 1 fully saturated rings. The van der Waals surface area contributed by atoms with E-state index in [0.717, 1.165) is 54.3 Å². The molecular formula is C27H28F2N6O2. The van der Waals surface area contributed by atoms with E-state index in [0.29, 0.717) is 16.3 Å². The number of rotatable bonds is 4. The third-order valence-corrected chi connectivity index (χ3v) is 6.52. The molecule has 0 bridgehead atoms. The lowest BCUT2D eigenvalue weighted by atomic mass is 10.1. The van der Waals surface area contributed by atoms with E-state index in [1.165, 1.54) is 12.1 Å². The van der Waals surface area contributed by atoms with Gasteiger partial charge in [-0.2, -0.15) is 14.9 Å². The summed E-state index contributed by atoms with van der Waals surface area (Å²) in [4.78, 5) is 27.9. The zero-order chi connectivity index (χ0) is 26.5. The summed E-state index contributed by atoms with van der Waals surface area (Å²) in [5.41, 5.74) is 0.458. The van der Waals surface area contributed by atoms with Gasteiger partial charge in [-0.05, 0) is 63.4 Å². The highest BCUT2D eigenvalue weighted by molar-refractivity contribution is 6.08. The lowest BCUT2D eigenvalue weighted by molar-refractivity contribution is 0.102. The Bertz CT molecular complexity index is 1550. The van der Waals surface area contributed by atoms with Crippen LogP contribution in [-0.4, -0.2) is 38.6 Å². The van der Waals surface area contributed by atoms with E-state index in [1.807, 2.05) is 16.9 Å². The summed E-state index contributed by atoms with van der Waals surface area (Å²) < 4.78 is 31.1. The van der Waals surface area contributed by atoms with Crippen molar-refractivity contribution in [2.45, 2.75) is 39.7 Å². The molecule has 0 unspecified atom stereocenters. The molecule has 5 rings (SSSR count). The maximum Gasteiger partial charge on any atom is 0.276 e. The third-order valence-electron chi connectivity index (χ3n) is 6.52. The van der Waals surface area contributed by atoms with E-state index in [2.05, 4.69) is 43.0 Å². The van der Waals surface area contributed by atoms with Crippen LogP contribution in [0, 0.1) is 17.6 Å². The molecule has 1 aliphatic rings. The Labute approximate surface area is 212 Å². The maximum atomic E-state index is 14.3. The van der Waals surface area contributed by atoms with Crippen molar-refractivity contribution in [1.29, 1.82) is 0 Å². The number of aromatic nitrogens is 4. The zero-order valence-electron chi connectivity index (χ0n) is 21.1. The Morgan fingerprint density at radius 2 is 1.76 bits per heavy atom. The first-order chi connectivity index (χ1) is 17.5. The quantitative estimate of drug-likeness (QED) is 0.433. The van der Waals surface area contributed by atoms with E-state index in [-0.39, 0.29) is 11.2 Å². The number of fused-ring (bicyclic) bond motifs is 1. The minimum absolute atomic E-state index is 0.159. The van der Waals surface area contributed by atoms with Gasteiger partial charge in [0.25, 0.3) is 11.5 Å².